The van der Waals surface area contributed by atoms with Gasteiger partial charge in [0.1, 0.15) is 6.04 Å². The average Bonchev–Trinajstić information content (AvgIpc) is 3.15. The number of fused-ring (bicyclic) bond motifs is 1. The Balaban J connectivity index is 1.67. The number of amides is 3. The molecule has 1 heterocycles. The van der Waals surface area contributed by atoms with Crippen LogP contribution in [0.4, 0.5) is 4.79 Å². The molecule has 1 aliphatic heterocycles. The number of likely N-dealkylation sites (tertiary alicyclic amines) is 1. The van der Waals surface area contributed by atoms with E-state index in [1.165, 1.54) is 4.90 Å². The van der Waals surface area contributed by atoms with Crippen molar-refractivity contribution in [3.05, 3.63) is 0 Å². The summed E-state index contributed by atoms with van der Waals surface area (Å²) in [6.45, 7) is 2.45. The third-order valence-corrected chi connectivity index (χ3v) is 5.94. The first-order valence-corrected chi connectivity index (χ1v) is 9.77. The molecular formula is C18H28BN3O4. The Morgan fingerprint density at radius 1 is 1.23 bits per heavy atom. The zero-order valence-electron chi connectivity index (χ0n) is 15.3. The molecule has 1 saturated heterocycles. The number of aliphatic hydroxyl groups is 1. The van der Waals surface area contributed by atoms with Crippen LogP contribution in [0.1, 0.15) is 51.9 Å². The fraction of sp³-hybridized carbons (Fsp3) is 0.833. The second-order valence-corrected chi connectivity index (χ2v) is 7.92. The molecule has 2 aliphatic carbocycles. The summed E-state index contributed by atoms with van der Waals surface area (Å²) in [6, 6.07) is -1.12. The van der Waals surface area contributed by atoms with Gasteiger partial charge < -0.3 is 20.6 Å². The van der Waals surface area contributed by atoms with E-state index < -0.39 is 29.9 Å². The number of carbonyl (C=O) groups excluding carboxylic acids is 3. The van der Waals surface area contributed by atoms with Crippen molar-refractivity contribution in [2.75, 3.05) is 6.54 Å². The molecule has 26 heavy (non-hydrogen) atoms. The molecule has 0 aromatic carbocycles. The van der Waals surface area contributed by atoms with Crippen molar-refractivity contribution in [2.24, 2.45) is 11.8 Å². The second kappa shape index (κ2) is 7.98. The summed E-state index contributed by atoms with van der Waals surface area (Å²) >= 11 is 0. The van der Waals surface area contributed by atoms with E-state index in [1.54, 1.807) is 0 Å². The number of rotatable bonds is 7. The zero-order chi connectivity index (χ0) is 18.8. The van der Waals surface area contributed by atoms with Gasteiger partial charge in [0.05, 0.1) is 6.04 Å². The molecule has 3 aliphatic rings. The Morgan fingerprint density at radius 3 is 2.58 bits per heavy atom. The Morgan fingerprint density at radius 2 is 1.96 bits per heavy atom. The fourth-order valence-corrected chi connectivity index (χ4v) is 4.45. The molecule has 0 aromatic rings. The minimum absolute atomic E-state index is 0.113. The molecule has 8 heteroatoms. The highest BCUT2D eigenvalue weighted by Gasteiger charge is 2.48. The molecule has 2 unspecified atom stereocenters. The van der Waals surface area contributed by atoms with Crippen molar-refractivity contribution in [3.8, 4) is 0 Å². The highest BCUT2D eigenvalue weighted by atomic mass is 16.3. The Kier molecular flexibility index (Phi) is 5.90. The third-order valence-electron chi connectivity index (χ3n) is 5.94. The lowest BCUT2D eigenvalue weighted by molar-refractivity contribution is -0.133. The number of aliphatic hydroxyl groups excluding tert-OH is 1. The van der Waals surface area contributed by atoms with Gasteiger partial charge >= 0.3 is 0 Å². The smallest absolute Gasteiger partial charge is 0.251 e. The van der Waals surface area contributed by atoms with E-state index in [1.807, 2.05) is 6.92 Å². The molecule has 0 aromatic heterocycles. The van der Waals surface area contributed by atoms with E-state index in [0.717, 1.165) is 38.5 Å². The first kappa shape index (κ1) is 19.2. The van der Waals surface area contributed by atoms with Gasteiger partial charge in [0.15, 0.2) is 11.9 Å². The fourth-order valence-electron chi connectivity index (χ4n) is 4.45. The maximum absolute atomic E-state index is 12.9. The molecule has 0 spiro atoms. The lowest BCUT2D eigenvalue weighted by Crippen LogP contribution is -2.56. The monoisotopic (exact) mass is 361 g/mol. The molecule has 7 nitrogen and oxygen atoms in total. The number of hydrogen-bond acceptors (Lipinski definition) is 4. The van der Waals surface area contributed by atoms with Crippen LogP contribution in [0.15, 0.2) is 0 Å². The Hall–Kier alpha value is -1.57. The summed E-state index contributed by atoms with van der Waals surface area (Å²) < 4.78 is 0. The quantitative estimate of drug-likeness (QED) is 0.568. The largest absolute Gasteiger partial charge is 0.381 e. The van der Waals surface area contributed by atoms with Gasteiger partial charge in [0, 0.05) is 12.6 Å². The summed E-state index contributed by atoms with van der Waals surface area (Å²) in [7, 11) is 5.48. The van der Waals surface area contributed by atoms with Crippen LogP contribution in [0.25, 0.3) is 0 Å². The standard InChI is InChI=1S/C18H28BN3O4/c1-2-4-13(15(23)17(25)20-11-7-8-11)21-16(24)14-12-6-3-5-10(12)9-22(14)18(19)26/h10-15,23H,2-9H2,1H3,(H,20,25)(H,21,24)/t10-,12-,13?,14-,15?/m0/s1. The van der Waals surface area contributed by atoms with Crippen LogP contribution in [-0.4, -0.2) is 66.2 Å². The lowest BCUT2D eigenvalue weighted by Gasteiger charge is -2.30. The number of nitrogens with one attached hydrogen (secondary N) is 2. The molecule has 2 saturated carbocycles. The molecule has 0 bridgehead atoms. The van der Waals surface area contributed by atoms with Crippen molar-refractivity contribution in [2.45, 2.75) is 76.1 Å². The molecule has 3 amide bonds. The van der Waals surface area contributed by atoms with Gasteiger partial charge in [-0.05, 0) is 43.9 Å². The number of nitrogens with zero attached hydrogens (tertiary/aromatic N) is 1. The first-order chi connectivity index (χ1) is 12.4. The van der Waals surface area contributed by atoms with Gasteiger partial charge in [-0.25, -0.2) is 0 Å². The Bertz CT molecular complexity index is 569. The average molecular weight is 361 g/mol. The molecule has 2 radical (unpaired) electrons. The molecule has 3 N–H and O–H groups in total. The minimum Gasteiger partial charge on any atom is -0.381 e. The van der Waals surface area contributed by atoms with E-state index >= 15 is 0 Å². The SMILES string of the molecule is [B]C(=O)N1C[C@@H]2CCC[C@@H]2[C@H]1C(=O)NC(CCC)C(O)C(=O)NC1CC1. The first-order valence-electron chi connectivity index (χ1n) is 9.77. The zero-order valence-corrected chi connectivity index (χ0v) is 15.3. The van der Waals surface area contributed by atoms with E-state index in [9.17, 15) is 19.5 Å². The molecule has 142 valence electrons. The summed E-state index contributed by atoms with van der Waals surface area (Å²) in [5.41, 5.74) is 0. The number of carbonyl (C=O) groups is 3. The Labute approximate surface area is 155 Å². The highest BCUT2D eigenvalue weighted by Crippen LogP contribution is 2.42. The maximum Gasteiger partial charge on any atom is 0.251 e. The lowest BCUT2D eigenvalue weighted by atomic mass is 9.92. The topological polar surface area (TPSA) is 98.7 Å². The summed E-state index contributed by atoms with van der Waals surface area (Å²) in [5, 5.41) is 16.0. The van der Waals surface area contributed by atoms with Crippen LogP contribution in [0.2, 0.25) is 0 Å². The number of hydrogen-bond donors (Lipinski definition) is 3. The van der Waals surface area contributed by atoms with Crippen LogP contribution in [-0.2, 0) is 9.59 Å². The van der Waals surface area contributed by atoms with Crippen molar-refractivity contribution in [3.63, 3.8) is 0 Å². The van der Waals surface area contributed by atoms with Crippen LogP contribution in [0, 0.1) is 11.8 Å². The van der Waals surface area contributed by atoms with Crippen LogP contribution < -0.4 is 10.6 Å². The molecule has 3 fully saturated rings. The minimum atomic E-state index is -1.29. The van der Waals surface area contributed by atoms with Crippen LogP contribution >= 0.6 is 0 Å². The predicted molar refractivity (Wildman–Crippen MR) is 96.5 cm³/mol. The van der Waals surface area contributed by atoms with E-state index in [0.29, 0.717) is 18.9 Å². The van der Waals surface area contributed by atoms with Crippen molar-refractivity contribution in [1.29, 1.82) is 0 Å². The molecule has 3 rings (SSSR count). The van der Waals surface area contributed by atoms with Crippen molar-refractivity contribution in [1.82, 2.24) is 15.5 Å². The second-order valence-electron chi connectivity index (χ2n) is 7.92. The van der Waals surface area contributed by atoms with Crippen molar-refractivity contribution < 1.29 is 19.5 Å². The summed E-state index contributed by atoms with van der Waals surface area (Å²) in [5.74, 6) is -0.912. The van der Waals surface area contributed by atoms with Gasteiger partial charge in [0.25, 0.3) is 5.91 Å². The van der Waals surface area contributed by atoms with E-state index in [4.69, 9.17) is 7.85 Å². The van der Waals surface area contributed by atoms with Gasteiger partial charge in [0.2, 0.25) is 13.8 Å². The maximum atomic E-state index is 12.9. The van der Waals surface area contributed by atoms with Gasteiger partial charge in [-0.2, -0.15) is 0 Å². The van der Waals surface area contributed by atoms with Gasteiger partial charge in [-0.15, -0.1) is 0 Å². The summed E-state index contributed by atoms with van der Waals surface area (Å²) in [6.07, 6.45) is 4.73. The van der Waals surface area contributed by atoms with Gasteiger partial charge in [-0.1, -0.05) is 19.8 Å². The van der Waals surface area contributed by atoms with Crippen molar-refractivity contribution >= 4 is 25.5 Å². The van der Waals surface area contributed by atoms with E-state index in [-0.39, 0.29) is 17.9 Å². The third kappa shape index (κ3) is 4.05. The van der Waals surface area contributed by atoms with Gasteiger partial charge in [-0.3, -0.25) is 14.4 Å². The highest BCUT2D eigenvalue weighted by molar-refractivity contribution is 6.57. The predicted octanol–water partition coefficient (Wildman–Crippen LogP) is 0.300. The van der Waals surface area contributed by atoms with E-state index in [2.05, 4.69) is 10.6 Å². The van der Waals surface area contributed by atoms with Crippen LogP contribution in [0.5, 0.6) is 0 Å². The molecule has 5 atom stereocenters. The normalized spacial score (nSPS) is 29.8. The van der Waals surface area contributed by atoms with Crippen LogP contribution in [0.3, 0.4) is 0 Å². The molecular weight excluding hydrogens is 333 g/mol. The summed E-state index contributed by atoms with van der Waals surface area (Å²) in [4.78, 5) is 38.3.